The Morgan fingerprint density at radius 2 is 1.76 bits per heavy atom. The Labute approximate surface area is 107 Å². The molecule has 0 fully saturated rings. The molecule has 0 nitrogen and oxygen atoms in total. The van der Waals surface area contributed by atoms with Gasteiger partial charge in [-0.3, -0.25) is 0 Å². The maximum absolute atomic E-state index is 6.07. The normalized spacial score (nSPS) is 12.7. The van der Waals surface area contributed by atoms with Crippen molar-refractivity contribution < 1.29 is 0 Å². The molecule has 0 saturated carbocycles. The van der Waals surface area contributed by atoms with E-state index in [1.54, 1.807) is 0 Å². The summed E-state index contributed by atoms with van der Waals surface area (Å²) in [6.45, 7) is 4.47. The van der Waals surface area contributed by atoms with Gasteiger partial charge in [-0.25, -0.2) is 0 Å². The molecule has 0 radical (unpaired) electrons. The largest absolute Gasteiger partial charge is 0.0843 e. The third-order valence-corrected chi connectivity index (χ3v) is 3.77. The second-order valence-corrected chi connectivity index (χ2v) is 5.49. The minimum absolute atomic E-state index is 0.590. The molecular weight excluding hydrogens is 228 g/mol. The molecule has 0 aliphatic heterocycles. The molecule has 86 valence electrons. The van der Waals surface area contributed by atoms with Crippen LogP contribution in [0.5, 0.6) is 0 Å². The van der Waals surface area contributed by atoms with Crippen molar-refractivity contribution in [3.63, 3.8) is 0 Å². The van der Waals surface area contributed by atoms with Gasteiger partial charge in [0.25, 0.3) is 0 Å². The molecule has 0 amide bonds. The van der Waals surface area contributed by atoms with Crippen LogP contribution >= 0.6 is 11.6 Å². The fourth-order valence-electron chi connectivity index (χ4n) is 2.54. The summed E-state index contributed by atoms with van der Waals surface area (Å²) in [5.41, 5.74) is 6.91. The van der Waals surface area contributed by atoms with Crippen LogP contribution in [0.2, 0.25) is 5.02 Å². The summed E-state index contributed by atoms with van der Waals surface area (Å²) in [5, 5.41) is 0.824. The predicted molar refractivity (Wildman–Crippen MR) is 73.8 cm³/mol. The first-order valence-corrected chi connectivity index (χ1v) is 6.44. The van der Waals surface area contributed by atoms with Gasteiger partial charge in [-0.1, -0.05) is 49.7 Å². The lowest BCUT2D eigenvalue weighted by Gasteiger charge is -2.08. The highest BCUT2D eigenvalue weighted by Crippen LogP contribution is 2.39. The maximum atomic E-state index is 6.07. The average Bonchev–Trinajstić information content (AvgIpc) is 2.66. The highest BCUT2D eigenvalue weighted by atomic mass is 35.5. The van der Waals surface area contributed by atoms with Crippen molar-refractivity contribution >= 4 is 11.6 Å². The lowest BCUT2D eigenvalue weighted by molar-refractivity contribution is 0.864. The standard InChI is InChI=1S/C16H15Cl/c1-10(2)11-4-6-15-13(7-11)8-12-3-5-14(17)9-16(12)15/h3-7,9-10H,8H2,1-2H3. The summed E-state index contributed by atoms with van der Waals surface area (Å²) in [7, 11) is 0. The molecule has 0 bridgehead atoms. The van der Waals surface area contributed by atoms with Crippen molar-refractivity contribution in [1.29, 1.82) is 0 Å². The second-order valence-electron chi connectivity index (χ2n) is 5.05. The molecule has 0 spiro atoms. The van der Waals surface area contributed by atoms with Crippen molar-refractivity contribution in [2.75, 3.05) is 0 Å². The van der Waals surface area contributed by atoms with Gasteiger partial charge in [0.1, 0.15) is 0 Å². The number of hydrogen-bond donors (Lipinski definition) is 0. The molecule has 0 atom stereocenters. The van der Waals surface area contributed by atoms with Crippen molar-refractivity contribution in [3.8, 4) is 11.1 Å². The Balaban J connectivity index is 2.14. The first-order chi connectivity index (χ1) is 8.15. The van der Waals surface area contributed by atoms with E-state index >= 15 is 0 Å². The minimum atomic E-state index is 0.590. The molecule has 1 aliphatic rings. The van der Waals surface area contributed by atoms with Gasteiger partial charge in [-0.2, -0.15) is 0 Å². The van der Waals surface area contributed by atoms with Crippen molar-refractivity contribution in [2.45, 2.75) is 26.2 Å². The predicted octanol–water partition coefficient (Wildman–Crippen LogP) is 5.03. The van der Waals surface area contributed by atoms with E-state index in [1.807, 2.05) is 6.07 Å². The van der Waals surface area contributed by atoms with Crippen LogP contribution < -0.4 is 0 Å². The van der Waals surface area contributed by atoms with E-state index in [0.29, 0.717) is 5.92 Å². The molecule has 0 aromatic heterocycles. The smallest absolute Gasteiger partial charge is 0.0412 e. The molecule has 1 heteroatoms. The molecule has 2 aromatic rings. The zero-order valence-electron chi connectivity index (χ0n) is 10.1. The molecule has 0 heterocycles. The van der Waals surface area contributed by atoms with Crippen LogP contribution in [0.4, 0.5) is 0 Å². The zero-order valence-corrected chi connectivity index (χ0v) is 10.9. The van der Waals surface area contributed by atoms with Crippen LogP contribution in [0.3, 0.4) is 0 Å². The molecule has 2 aromatic carbocycles. The molecular formula is C16H15Cl. The summed E-state index contributed by atoms with van der Waals surface area (Å²) in [6.07, 6.45) is 1.04. The number of benzene rings is 2. The Morgan fingerprint density at radius 3 is 2.53 bits per heavy atom. The van der Waals surface area contributed by atoms with Crippen LogP contribution in [0.25, 0.3) is 11.1 Å². The Morgan fingerprint density at radius 1 is 0.941 bits per heavy atom. The van der Waals surface area contributed by atoms with Crippen LogP contribution in [0.1, 0.15) is 36.5 Å². The number of halogens is 1. The number of hydrogen-bond acceptors (Lipinski definition) is 0. The van der Waals surface area contributed by atoms with Crippen LogP contribution in [-0.2, 0) is 6.42 Å². The first kappa shape index (κ1) is 10.9. The van der Waals surface area contributed by atoms with E-state index in [1.165, 1.54) is 27.8 Å². The summed E-state index contributed by atoms with van der Waals surface area (Å²) in [6, 6.07) is 13.0. The Kier molecular flexibility index (Phi) is 2.48. The van der Waals surface area contributed by atoms with Crippen LogP contribution in [-0.4, -0.2) is 0 Å². The average molecular weight is 243 g/mol. The van der Waals surface area contributed by atoms with Gasteiger partial charge in [0.15, 0.2) is 0 Å². The lowest BCUT2D eigenvalue weighted by Crippen LogP contribution is -1.89. The van der Waals surface area contributed by atoms with Gasteiger partial charge in [0, 0.05) is 5.02 Å². The van der Waals surface area contributed by atoms with Crippen molar-refractivity contribution in [3.05, 3.63) is 58.1 Å². The fourth-order valence-corrected chi connectivity index (χ4v) is 2.71. The highest BCUT2D eigenvalue weighted by molar-refractivity contribution is 6.31. The van der Waals surface area contributed by atoms with E-state index in [4.69, 9.17) is 11.6 Å². The Bertz CT molecular complexity index is 582. The van der Waals surface area contributed by atoms with E-state index in [2.05, 4.69) is 44.2 Å². The molecule has 0 saturated heterocycles. The Hall–Kier alpha value is -1.27. The van der Waals surface area contributed by atoms with E-state index in [0.717, 1.165) is 11.4 Å². The summed E-state index contributed by atoms with van der Waals surface area (Å²) in [5.74, 6) is 0.590. The van der Waals surface area contributed by atoms with Crippen LogP contribution in [0, 0.1) is 0 Å². The molecule has 17 heavy (non-hydrogen) atoms. The van der Waals surface area contributed by atoms with Gasteiger partial charge in [0.2, 0.25) is 0 Å². The number of rotatable bonds is 1. The molecule has 1 aliphatic carbocycles. The van der Waals surface area contributed by atoms with Gasteiger partial charge in [-0.15, -0.1) is 0 Å². The van der Waals surface area contributed by atoms with E-state index < -0.39 is 0 Å². The molecule has 3 rings (SSSR count). The first-order valence-electron chi connectivity index (χ1n) is 6.07. The SMILES string of the molecule is CC(C)c1ccc2c(c1)Cc1ccc(Cl)cc1-2. The van der Waals surface area contributed by atoms with Gasteiger partial charge < -0.3 is 0 Å². The van der Waals surface area contributed by atoms with Crippen molar-refractivity contribution in [1.82, 2.24) is 0 Å². The molecule has 0 N–H and O–H groups in total. The number of fused-ring (bicyclic) bond motifs is 3. The summed E-state index contributed by atoms with van der Waals surface area (Å²) in [4.78, 5) is 0. The lowest BCUT2D eigenvalue weighted by atomic mass is 9.97. The van der Waals surface area contributed by atoms with E-state index in [-0.39, 0.29) is 0 Å². The van der Waals surface area contributed by atoms with E-state index in [9.17, 15) is 0 Å². The summed E-state index contributed by atoms with van der Waals surface area (Å²) >= 11 is 6.07. The maximum Gasteiger partial charge on any atom is 0.0412 e. The summed E-state index contributed by atoms with van der Waals surface area (Å²) < 4.78 is 0. The monoisotopic (exact) mass is 242 g/mol. The second kappa shape index (κ2) is 3.89. The zero-order chi connectivity index (χ0) is 12.0. The topological polar surface area (TPSA) is 0 Å². The minimum Gasteiger partial charge on any atom is -0.0843 e. The van der Waals surface area contributed by atoms with Crippen LogP contribution in [0.15, 0.2) is 36.4 Å². The van der Waals surface area contributed by atoms with Gasteiger partial charge in [0.05, 0.1) is 0 Å². The fraction of sp³-hybridized carbons (Fsp3) is 0.250. The third-order valence-electron chi connectivity index (χ3n) is 3.54. The van der Waals surface area contributed by atoms with Gasteiger partial charge in [-0.05, 0) is 52.3 Å². The highest BCUT2D eigenvalue weighted by Gasteiger charge is 2.19. The van der Waals surface area contributed by atoms with Crippen molar-refractivity contribution in [2.24, 2.45) is 0 Å². The molecule has 0 unspecified atom stereocenters. The van der Waals surface area contributed by atoms with Gasteiger partial charge >= 0.3 is 0 Å². The quantitative estimate of drug-likeness (QED) is 0.561. The third kappa shape index (κ3) is 1.77.